The summed E-state index contributed by atoms with van der Waals surface area (Å²) in [4.78, 5) is 11.9. The second-order valence-electron chi connectivity index (χ2n) is 5.26. The van der Waals surface area contributed by atoms with Crippen LogP contribution in [0.15, 0.2) is 48.5 Å². The van der Waals surface area contributed by atoms with Crippen LogP contribution in [-0.2, 0) is 0 Å². The molecule has 5 heteroatoms. The minimum atomic E-state index is -0.877. The van der Waals surface area contributed by atoms with Gasteiger partial charge in [-0.3, -0.25) is 4.79 Å². The highest BCUT2D eigenvalue weighted by Crippen LogP contribution is 2.22. The average Bonchev–Trinajstić information content (AvgIpc) is 2.55. The summed E-state index contributed by atoms with van der Waals surface area (Å²) in [6, 6.07) is 13.0. The number of hydrogen-bond donors (Lipinski definition) is 2. The van der Waals surface area contributed by atoms with E-state index in [0.717, 1.165) is 17.7 Å². The minimum absolute atomic E-state index is 0.0372. The van der Waals surface area contributed by atoms with Crippen LogP contribution in [0.2, 0.25) is 0 Å². The van der Waals surface area contributed by atoms with Crippen molar-refractivity contribution in [3.05, 3.63) is 71.3 Å². The van der Waals surface area contributed by atoms with Gasteiger partial charge in [0.25, 0.3) is 5.91 Å². The highest BCUT2D eigenvalue weighted by Gasteiger charge is 2.17. The summed E-state index contributed by atoms with van der Waals surface area (Å²) in [5, 5.41) is 11.7. The number of carbonyl (C=O) groups is 1. The number of carbonyl (C=O) groups excluding carboxylic acids is 1. The van der Waals surface area contributed by atoms with Crippen molar-refractivity contribution in [2.75, 3.05) is 13.2 Å². The summed E-state index contributed by atoms with van der Waals surface area (Å²) in [7, 11) is 0. The maximum absolute atomic E-state index is 13.5. The monoisotopic (exact) mass is 319 g/mol. The fraction of sp³-hybridized carbons (Fsp3) is 0.278. The van der Waals surface area contributed by atoms with E-state index in [4.69, 9.17) is 0 Å². The van der Waals surface area contributed by atoms with Crippen LogP contribution < -0.4 is 5.32 Å². The van der Waals surface area contributed by atoms with Crippen molar-refractivity contribution in [1.29, 1.82) is 0 Å². The number of benzene rings is 2. The number of amides is 1. The Labute approximate surface area is 134 Å². The van der Waals surface area contributed by atoms with Gasteiger partial charge in [-0.2, -0.15) is 0 Å². The van der Waals surface area contributed by atoms with Crippen LogP contribution in [0.1, 0.15) is 34.7 Å². The smallest absolute Gasteiger partial charge is 0.257 e. The van der Waals surface area contributed by atoms with Crippen LogP contribution in [0.25, 0.3) is 0 Å². The summed E-state index contributed by atoms with van der Waals surface area (Å²) >= 11 is 0. The molecule has 0 radical (unpaired) electrons. The predicted octanol–water partition coefficient (Wildman–Crippen LogP) is 3.25. The van der Waals surface area contributed by atoms with Crippen molar-refractivity contribution in [1.82, 2.24) is 5.32 Å². The average molecular weight is 319 g/mol. The molecule has 2 N–H and O–H groups in total. The Hall–Kier alpha value is -2.27. The van der Waals surface area contributed by atoms with Gasteiger partial charge in [0.1, 0.15) is 17.2 Å². The zero-order valence-corrected chi connectivity index (χ0v) is 12.6. The molecule has 2 aromatic rings. The van der Waals surface area contributed by atoms with Crippen LogP contribution >= 0.6 is 0 Å². The van der Waals surface area contributed by atoms with E-state index in [1.165, 1.54) is 6.07 Å². The van der Waals surface area contributed by atoms with Crippen LogP contribution in [-0.4, -0.2) is 24.2 Å². The molecular weight excluding hydrogens is 300 g/mol. The van der Waals surface area contributed by atoms with Crippen molar-refractivity contribution in [3.8, 4) is 0 Å². The van der Waals surface area contributed by atoms with Gasteiger partial charge in [0.2, 0.25) is 0 Å². The number of halogens is 2. The molecule has 0 aromatic heterocycles. The van der Waals surface area contributed by atoms with Crippen molar-refractivity contribution < 1.29 is 18.7 Å². The first-order valence-electron chi connectivity index (χ1n) is 7.51. The first-order chi connectivity index (χ1) is 11.1. The van der Waals surface area contributed by atoms with E-state index < -0.39 is 23.1 Å². The van der Waals surface area contributed by atoms with Crippen LogP contribution in [0.4, 0.5) is 8.78 Å². The van der Waals surface area contributed by atoms with E-state index in [2.05, 4.69) is 5.32 Å². The van der Waals surface area contributed by atoms with E-state index in [1.807, 2.05) is 30.3 Å². The molecule has 0 bridgehead atoms. The van der Waals surface area contributed by atoms with Gasteiger partial charge in [-0.1, -0.05) is 36.4 Å². The van der Waals surface area contributed by atoms with Gasteiger partial charge in [-0.25, -0.2) is 8.78 Å². The number of aliphatic hydroxyl groups excluding tert-OH is 1. The van der Waals surface area contributed by atoms with E-state index in [1.54, 1.807) is 0 Å². The van der Waals surface area contributed by atoms with Gasteiger partial charge >= 0.3 is 0 Å². The molecule has 1 amide bonds. The van der Waals surface area contributed by atoms with Crippen LogP contribution in [0.5, 0.6) is 0 Å². The van der Waals surface area contributed by atoms with E-state index >= 15 is 0 Å². The summed E-state index contributed by atoms with van der Waals surface area (Å²) < 4.78 is 27.1. The zero-order chi connectivity index (χ0) is 16.7. The van der Waals surface area contributed by atoms with Crippen LogP contribution in [0.3, 0.4) is 0 Å². The van der Waals surface area contributed by atoms with Crippen molar-refractivity contribution in [2.24, 2.45) is 0 Å². The van der Waals surface area contributed by atoms with Gasteiger partial charge < -0.3 is 10.4 Å². The quantitative estimate of drug-likeness (QED) is 0.823. The number of rotatable bonds is 7. The standard InChI is InChI=1S/C18H19F2NO2/c19-15-7-4-8-16(20)17(15)18(23)21-11-9-14(10-12-22)13-5-2-1-3-6-13/h1-8,14,22H,9-12H2,(H,21,23). The minimum Gasteiger partial charge on any atom is -0.396 e. The first kappa shape index (κ1) is 17.1. The predicted molar refractivity (Wildman–Crippen MR) is 84.2 cm³/mol. The Kier molecular flexibility index (Phi) is 6.23. The number of aliphatic hydroxyl groups is 1. The molecule has 1 atom stereocenters. The molecule has 3 nitrogen and oxygen atoms in total. The SMILES string of the molecule is O=C(NCCC(CCO)c1ccccc1)c1c(F)cccc1F. The molecular formula is C18H19F2NO2. The highest BCUT2D eigenvalue weighted by molar-refractivity contribution is 5.94. The van der Waals surface area contributed by atoms with E-state index in [-0.39, 0.29) is 19.1 Å². The number of hydrogen-bond acceptors (Lipinski definition) is 2. The second kappa shape index (κ2) is 8.39. The largest absolute Gasteiger partial charge is 0.396 e. The van der Waals surface area contributed by atoms with Crippen molar-refractivity contribution in [2.45, 2.75) is 18.8 Å². The lowest BCUT2D eigenvalue weighted by Crippen LogP contribution is -2.27. The Morgan fingerprint density at radius 1 is 1.00 bits per heavy atom. The fourth-order valence-corrected chi connectivity index (χ4v) is 2.52. The van der Waals surface area contributed by atoms with Gasteiger partial charge in [-0.05, 0) is 36.5 Å². The van der Waals surface area contributed by atoms with Gasteiger partial charge in [-0.15, -0.1) is 0 Å². The third-order valence-corrected chi connectivity index (χ3v) is 3.72. The van der Waals surface area contributed by atoms with E-state index in [0.29, 0.717) is 12.8 Å². The Morgan fingerprint density at radius 2 is 1.65 bits per heavy atom. The van der Waals surface area contributed by atoms with Crippen molar-refractivity contribution in [3.63, 3.8) is 0 Å². The van der Waals surface area contributed by atoms with Gasteiger partial charge in [0.05, 0.1) is 0 Å². The molecule has 0 heterocycles. The van der Waals surface area contributed by atoms with Gasteiger partial charge in [0.15, 0.2) is 0 Å². The maximum atomic E-state index is 13.5. The van der Waals surface area contributed by atoms with Crippen molar-refractivity contribution >= 4 is 5.91 Å². The number of nitrogens with one attached hydrogen (secondary N) is 1. The van der Waals surface area contributed by atoms with Crippen LogP contribution in [0, 0.1) is 11.6 Å². The molecule has 0 spiro atoms. The fourth-order valence-electron chi connectivity index (χ4n) is 2.52. The molecule has 0 aliphatic heterocycles. The summed E-state index contributed by atoms with van der Waals surface area (Å²) in [5.41, 5.74) is 0.499. The second-order valence-corrected chi connectivity index (χ2v) is 5.26. The molecule has 0 aliphatic carbocycles. The normalized spacial score (nSPS) is 12.0. The topological polar surface area (TPSA) is 49.3 Å². The zero-order valence-electron chi connectivity index (χ0n) is 12.6. The lowest BCUT2D eigenvalue weighted by Gasteiger charge is -2.16. The molecule has 1 unspecified atom stereocenters. The summed E-state index contributed by atoms with van der Waals surface area (Å²) in [6.07, 6.45) is 1.14. The Balaban J connectivity index is 1.96. The third kappa shape index (κ3) is 4.60. The van der Waals surface area contributed by atoms with Gasteiger partial charge in [0, 0.05) is 13.2 Å². The summed E-state index contributed by atoms with van der Waals surface area (Å²) in [6.45, 7) is 0.307. The Morgan fingerprint density at radius 3 is 2.26 bits per heavy atom. The molecule has 0 fully saturated rings. The van der Waals surface area contributed by atoms with E-state index in [9.17, 15) is 18.7 Å². The maximum Gasteiger partial charge on any atom is 0.257 e. The highest BCUT2D eigenvalue weighted by atomic mass is 19.1. The lowest BCUT2D eigenvalue weighted by atomic mass is 9.93. The molecule has 0 saturated heterocycles. The summed E-state index contributed by atoms with van der Waals surface area (Å²) in [5.74, 6) is -2.45. The molecule has 122 valence electrons. The molecule has 0 aliphatic rings. The molecule has 2 rings (SSSR count). The lowest BCUT2D eigenvalue weighted by molar-refractivity contribution is 0.0943. The Bertz CT molecular complexity index is 626. The third-order valence-electron chi connectivity index (χ3n) is 3.72. The molecule has 0 saturated carbocycles. The molecule has 23 heavy (non-hydrogen) atoms. The first-order valence-corrected chi connectivity index (χ1v) is 7.51. The molecule has 2 aromatic carbocycles.